The Labute approximate surface area is 227 Å². The van der Waals surface area contributed by atoms with Gasteiger partial charge in [-0.15, -0.1) is 6.58 Å². The fourth-order valence-electron chi connectivity index (χ4n) is 4.86. The molecule has 0 radical (unpaired) electrons. The van der Waals surface area contributed by atoms with E-state index in [9.17, 15) is 4.79 Å². The molecule has 1 saturated carbocycles. The van der Waals surface area contributed by atoms with Crippen LogP contribution in [0.4, 0.5) is 4.39 Å². The van der Waals surface area contributed by atoms with Gasteiger partial charge in [0.15, 0.2) is 0 Å². The number of rotatable bonds is 13. The van der Waals surface area contributed by atoms with Crippen molar-refractivity contribution in [1.29, 1.82) is 5.41 Å². The number of hydrogen-bond donors (Lipinski definition) is 4. The van der Waals surface area contributed by atoms with E-state index in [0.717, 1.165) is 54.0 Å². The van der Waals surface area contributed by atoms with E-state index in [-0.39, 0.29) is 17.3 Å². The van der Waals surface area contributed by atoms with Gasteiger partial charge in [-0.25, -0.2) is 9.18 Å². The molecule has 1 aliphatic carbocycles. The van der Waals surface area contributed by atoms with E-state index < -0.39 is 17.8 Å². The van der Waals surface area contributed by atoms with E-state index in [0.29, 0.717) is 33.4 Å². The summed E-state index contributed by atoms with van der Waals surface area (Å²) in [4.78, 5) is 11.0. The van der Waals surface area contributed by atoms with Gasteiger partial charge in [-0.1, -0.05) is 70.0 Å². The van der Waals surface area contributed by atoms with Crippen LogP contribution in [-0.4, -0.2) is 28.9 Å². The maximum absolute atomic E-state index is 15.4. The van der Waals surface area contributed by atoms with Crippen LogP contribution in [0.2, 0.25) is 0 Å². The largest absolute Gasteiger partial charge is 0.478 e. The molecular formula is C31H39FN3O2P. The summed E-state index contributed by atoms with van der Waals surface area (Å²) >= 11 is 0. The van der Waals surface area contributed by atoms with Crippen molar-refractivity contribution in [3.63, 3.8) is 0 Å². The van der Waals surface area contributed by atoms with Gasteiger partial charge in [0.25, 0.3) is 0 Å². The highest BCUT2D eigenvalue weighted by Gasteiger charge is 2.25. The van der Waals surface area contributed by atoms with Crippen molar-refractivity contribution in [1.82, 2.24) is 5.32 Å². The number of carbonyl (C=O) groups is 1. The van der Waals surface area contributed by atoms with Crippen LogP contribution >= 0.6 is 8.58 Å². The molecule has 202 valence electrons. The predicted molar refractivity (Wildman–Crippen MR) is 158 cm³/mol. The average molecular weight is 536 g/mol. The molecule has 2 atom stereocenters. The highest BCUT2D eigenvalue weighted by atomic mass is 31.1. The third-order valence-corrected chi connectivity index (χ3v) is 8.00. The lowest BCUT2D eigenvalue weighted by molar-refractivity contribution is -0.131. The second kappa shape index (κ2) is 14.8. The minimum Gasteiger partial charge on any atom is -0.478 e. The van der Waals surface area contributed by atoms with Gasteiger partial charge in [0, 0.05) is 35.0 Å². The number of benzene rings is 2. The van der Waals surface area contributed by atoms with Gasteiger partial charge in [-0.05, 0) is 67.7 Å². The standard InChI is InChI=1S/C31H39FN3O2P/c1-3-5-12-27(33)30(28(9-4-2)35-22-15-13-21(14-16-22)19-29(36)37)31(34)25-18-17-24(20-26(25)32)38-23-10-7-6-8-11-23/h3,6-8,10-11,17-20,22,27,34-35,38H,1,4-5,9,12-16,33H2,2H3,(H,36,37)/b21-19?,30-28-,34-31?. The first-order valence-corrected chi connectivity index (χ1v) is 14.3. The quantitative estimate of drug-likeness (QED) is 0.114. The van der Waals surface area contributed by atoms with E-state index in [1.165, 1.54) is 12.1 Å². The molecule has 2 unspecified atom stereocenters. The monoisotopic (exact) mass is 535 g/mol. The first kappa shape index (κ1) is 29.5. The second-order valence-electron chi connectivity index (χ2n) is 9.73. The molecule has 5 nitrogen and oxygen atoms in total. The molecule has 0 saturated heterocycles. The first-order valence-electron chi connectivity index (χ1n) is 13.3. The molecule has 2 aromatic rings. The highest BCUT2D eigenvalue weighted by Crippen LogP contribution is 2.27. The number of aliphatic carboxylic acids is 1. The van der Waals surface area contributed by atoms with Crippen LogP contribution in [0, 0.1) is 11.2 Å². The van der Waals surface area contributed by atoms with Crippen molar-refractivity contribution in [2.45, 2.75) is 70.4 Å². The van der Waals surface area contributed by atoms with E-state index >= 15 is 4.39 Å². The normalized spacial score (nSPS) is 17.1. The lowest BCUT2D eigenvalue weighted by Gasteiger charge is -2.30. The summed E-state index contributed by atoms with van der Waals surface area (Å²) in [6.45, 7) is 5.88. The van der Waals surface area contributed by atoms with Crippen molar-refractivity contribution in [3.05, 3.63) is 95.5 Å². The molecule has 0 aliphatic heterocycles. The van der Waals surface area contributed by atoms with Gasteiger partial charge in [0.2, 0.25) is 0 Å². The molecule has 1 fully saturated rings. The summed E-state index contributed by atoms with van der Waals surface area (Å²) in [6.07, 6.45) is 9.03. The number of carboxylic acid groups (broad SMARTS) is 1. The fourth-order valence-corrected chi connectivity index (χ4v) is 5.92. The van der Waals surface area contributed by atoms with Gasteiger partial charge >= 0.3 is 5.97 Å². The lowest BCUT2D eigenvalue weighted by atomic mass is 9.88. The zero-order valence-electron chi connectivity index (χ0n) is 22.1. The molecule has 7 heteroatoms. The van der Waals surface area contributed by atoms with Crippen LogP contribution in [-0.2, 0) is 4.79 Å². The molecule has 2 aromatic carbocycles. The van der Waals surface area contributed by atoms with Crippen LogP contribution in [0.25, 0.3) is 0 Å². The molecule has 1 aliphatic rings. The zero-order valence-corrected chi connectivity index (χ0v) is 23.1. The van der Waals surface area contributed by atoms with Gasteiger partial charge in [0.05, 0.1) is 5.71 Å². The smallest absolute Gasteiger partial charge is 0.328 e. The van der Waals surface area contributed by atoms with Gasteiger partial charge in [0.1, 0.15) is 5.82 Å². The Morgan fingerprint density at radius 3 is 2.55 bits per heavy atom. The van der Waals surface area contributed by atoms with E-state index in [1.807, 2.05) is 42.5 Å². The Bertz CT molecular complexity index is 1180. The van der Waals surface area contributed by atoms with Gasteiger partial charge in [-0.2, -0.15) is 0 Å². The third kappa shape index (κ3) is 8.47. The van der Waals surface area contributed by atoms with Crippen molar-refractivity contribution in [2.24, 2.45) is 5.73 Å². The van der Waals surface area contributed by atoms with Crippen LogP contribution in [0.5, 0.6) is 0 Å². The molecule has 0 aromatic heterocycles. The Balaban J connectivity index is 1.90. The molecule has 0 bridgehead atoms. The van der Waals surface area contributed by atoms with Crippen LogP contribution < -0.4 is 21.7 Å². The average Bonchev–Trinajstić information content (AvgIpc) is 2.89. The minimum atomic E-state index is -0.903. The SMILES string of the molecule is C=CCCC(N)/C(C(=N)c1ccc(Pc2ccccc2)cc1F)=C(\CCC)NC1CCC(=CC(=O)O)CC1. The number of nitrogens with two attached hydrogens (primary N) is 1. The number of hydrogen-bond acceptors (Lipinski definition) is 4. The minimum absolute atomic E-state index is 0.117. The zero-order chi connectivity index (χ0) is 27.5. The Morgan fingerprint density at radius 2 is 1.95 bits per heavy atom. The van der Waals surface area contributed by atoms with Crippen molar-refractivity contribution in [2.75, 3.05) is 0 Å². The maximum atomic E-state index is 15.4. The topological polar surface area (TPSA) is 99.2 Å². The Morgan fingerprint density at radius 1 is 1.24 bits per heavy atom. The van der Waals surface area contributed by atoms with E-state index in [4.69, 9.17) is 16.2 Å². The number of nitrogens with one attached hydrogen (secondary N) is 2. The van der Waals surface area contributed by atoms with E-state index in [2.05, 4.69) is 18.8 Å². The predicted octanol–water partition coefficient (Wildman–Crippen LogP) is 5.71. The fraction of sp³-hybridized carbons (Fsp3) is 0.355. The van der Waals surface area contributed by atoms with E-state index in [1.54, 1.807) is 6.07 Å². The van der Waals surface area contributed by atoms with Crippen LogP contribution in [0.15, 0.2) is 84.1 Å². The molecule has 0 spiro atoms. The molecule has 0 heterocycles. The number of carboxylic acids is 1. The Kier molecular flexibility index (Phi) is 11.4. The van der Waals surface area contributed by atoms with Crippen molar-refractivity contribution < 1.29 is 14.3 Å². The Hall–Kier alpha value is -3.08. The summed E-state index contributed by atoms with van der Waals surface area (Å²) in [5.74, 6) is -1.32. The van der Waals surface area contributed by atoms with Crippen LogP contribution in [0.3, 0.4) is 0 Å². The summed E-state index contributed by atoms with van der Waals surface area (Å²) in [5, 5.41) is 23.8. The molecule has 3 rings (SSSR count). The molecule has 0 amide bonds. The second-order valence-corrected chi connectivity index (χ2v) is 11.1. The third-order valence-electron chi connectivity index (χ3n) is 6.78. The molecule has 5 N–H and O–H groups in total. The molecular weight excluding hydrogens is 496 g/mol. The van der Waals surface area contributed by atoms with Gasteiger partial charge < -0.3 is 16.2 Å². The van der Waals surface area contributed by atoms with Crippen LogP contribution in [0.1, 0.15) is 63.9 Å². The summed E-state index contributed by atoms with van der Waals surface area (Å²) in [5.41, 5.74) is 9.51. The maximum Gasteiger partial charge on any atom is 0.328 e. The summed E-state index contributed by atoms with van der Waals surface area (Å²) < 4.78 is 15.4. The lowest BCUT2D eigenvalue weighted by Crippen LogP contribution is -2.37. The number of halogens is 1. The van der Waals surface area contributed by atoms with Gasteiger partial charge in [-0.3, -0.25) is 5.41 Å². The summed E-state index contributed by atoms with van der Waals surface area (Å²) in [7, 11) is 0.335. The summed E-state index contributed by atoms with van der Waals surface area (Å²) in [6, 6.07) is 14.8. The van der Waals surface area contributed by atoms with Crippen molar-refractivity contribution in [3.8, 4) is 0 Å². The number of allylic oxidation sites excluding steroid dienone is 3. The molecule has 38 heavy (non-hydrogen) atoms. The first-order chi connectivity index (χ1) is 18.3. The highest BCUT2D eigenvalue weighted by molar-refractivity contribution is 7.55. The van der Waals surface area contributed by atoms with Crippen molar-refractivity contribution >= 4 is 30.9 Å².